The van der Waals surface area contributed by atoms with E-state index >= 15 is 0 Å². The summed E-state index contributed by atoms with van der Waals surface area (Å²) in [6.07, 6.45) is -2.61. The fraction of sp³-hybridized carbons (Fsp3) is 0.200. The maximum atomic E-state index is 12.4. The van der Waals surface area contributed by atoms with E-state index in [-0.39, 0.29) is 11.1 Å². The maximum absolute atomic E-state index is 12.4. The van der Waals surface area contributed by atoms with Crippen LogP contribution >= 0.6 is 0 Å². The van der Waals surface area contributed by atoms with Crippen molar-refractivity contribution < 1.29 is 34.1 Å². The van der Waals surface area contributed by atoms with E-state index in [4.69, 9.17) is 4.74 Å². The molecule has 2 N–H and O–H groups in total. The van der Waals surface area contributed by atoms with E-state index in [1.54, 1.807) is 43.3 Å². The van der Waals surface area contributed by atoms with Gasteiger partial charge in [-0.3, -0.25) is 9.59 Å². The Balaban J connectivity index is 2.22. The van der Waals surface area contributed by atoms with E-state index in [2.05, 4.69) is 0 Å². The lowest BCUT2D eigenvalue weighted by molar-refractivity contribution is -0.159. The molecule has 2 atom stereocenters. The molecule has 0 fully saturated rings. The Bertz CT molecular complexity index is 858. The van der Waals surface area contributed by atoms with Gasteiger partial charge in [0.05, 0.1) is 5.56 Å². The van der Waals surface area contributed by atoms with Crippen molar-refractivity contribution in [2.24, 2.45) is 5.92 Å². The third-order valence-electron chi connectivity index (χ3n) is 3.91. The predicted octanol–water partition coefficient (Wildman–Crippen LogP) is 2.58. The summed E-state index contributed by atoms with van der Waals surface area (Å²) in [6, 6.07) is 14.1. The first-order valence-corrected chi connectivity index (χ1v) is 8.11. The number of aliphatic carboxylic acids is 2. The van der Waals surface area contributed by atoms with Gasteiger partial charge in [-0.1, -0.05) is 42.0 Å². The highest BCUT2D eigenvalue weighted by atomic mass is 16.6. The largest absolute Gasteiger partial charge is 0.481 e. The molecule has 0 aliphatic carbocycles. The van der Waals surface area contributed by atoms with Gasteiger partial charge in [0.25, 0.3) is 0 Å². The van der Waals surface area contributed by atoms with E-state index in [0.29, 0.717) is 0 Å². The monoisotopic (exact) mass is 370 g/mol. The molecule has 0 aromatic heterocycles. The van der Waals surface area contributed by atoms with Gasteiger partial charge >= 0.3 is 17.9 Å². The van der Waals surface area contributed by atoms with Crippen LogP contribution in [0.5, 0.6) is 0 Å². The molecule has 2 aromatic carbocycles. The van der Waals surface area contributed by atoms with E-state index in [9.17, 15) is 29.4 Å². The molecule has 0 amide bonds. The van der Waals surface area contributed by atoms with Gasteiger partial charge in [0.15, 0.2) is 5.78 Å². The molecule has 0 saturated heterocycles. The van der Waals surface area contributed by atoms with Gasteiger partial charge in [-0.05, 0) is 25.1 Å². The Kier molecular flexibility index (Phi) is 6.43. The standard InChI is InChI=1S/C20H18O7/c1-12-6-5-9-14(10-12)16(21)11-15(18(22)23)17(19(24)25)27-20(26)13-7-3-2-4-8-13/h2-10,15,17H,11H2,1H3,(H,22,23)(H,24,25)/t15-,17-/m0/s1. The minimum atomic E-state index is -2.00. The predicted molar refractivity (Wildman–Crippen MR) is 94.5 cm³/mol. The Hall–Kier alpha value is -3.48. The molecule has 0 bridgehead atoms. The molecule has 0 radical (unpaired) electrons. The van der Waals surface area contributed by atoms with Crippen molar-refractivity contribution in [2.75, 3.05) is 0 Å². The highest BCUT2D eigenvalue weighted by molar-refractivity contribution is 5.99. The number of hydrogen-bond donors (Lipinski definition) is 2. The van der Waals surface area contributed by atoms with Gasteiger partial charge < -0.3 is 14.9 Å². The number of ether oxygens (including phenoxy) is 1. The summed E-state index contributed by atoms with van der Waals surface area (Å²) in [4.78, 5) is 47.6. The van der Waals surface area contributed by atoms with Crippen LogP contribution in [0.15, 0.2) is 54.6 Å². The smallest absolute Gasteiger partial charge is 0.345 e. The summed E-state index contributed by atoms with van der Waals surface area (Å²) in [6.45, 7) is 1.77. The molecule has 7 heteroatoms. The van der Waals surface area contributed by atoms with Crippen LogP contribution in [0.4, 0.5) is 0 Å². The zero-order valence-electron chi connectivity index (χ0n) is 14.5. The molecule has 2 rings (SSSR count). The Morgan fingerprint density at radius 2 is 1.52 bits per heavy atom. The molecular formula is C20H18O7. The van der Waals surface area contributed by atoms with E-state index in [1.807, 2.05) is 0 Å². The molecule has 140 valence electrons. The van der Waals surface area contributed by atoms with Crippen LogP contribution in [0, 0.1) is 12.8 Å². The van der Waals surface area contributed by atoms with Crippen molar-refractivity contribution in [1.29, 1.82) is 0 Å². The molecule has 2 aromatic rings. The normalized spacial score (nSPS) is 12.6. The van der Waals surface area contributed by atoms with E-state index in [1.165, 1.54) is 18.2 Å². The SMILES string of the molecule is Cc1cccc(C(=O)C[C@H](C(=O)O)[C@H](OC(=O)c2ccccc2)C(=O)O)c1. The number of ketones is 1. The molecular weight excluding hydrogens is 352 g/mol. The molecule has 0 aliphatic rings. The molecule has 0 heterocycles. The molecule has 0 unspecified atom stereocenters. The van der Waals surface area contributed by atoms with Crippen molar-refractivity contribution in [3.8, 4) is 0 Å². The number of hydrogen-bond acceptors (Lipinski definition) is 5. The number of Topliss-reactive ketones (excluding diaryl/α,β-unsaturated/α-hetero) is 1. The first kappa shape index (κ1) is 19.8. The maximum Gasteiger partial charge on any atom is 0.345 e. The number of benzene rings is 2. The van der Waals surface area contributed by atoms with Gasteiger partial charge in [-0.25, -0.2) is 9.59 Å². The van der Waals surface area contributed by atoms with Crippen LogP contribution in [0.1, 0.15) is 32.7 Å². The summed E-state index contributed by atoms with van der Waals surface area (Å²) in [5.74, 6) is -6.42. The lowest BCUT2D eigenvalue weighted by atomic mass is 9.92. The number of aryl methyl sites for hydroxylation is 1. The van der Waals surface area contributed by atoms with E-state index in [0.717, 1.165) is 5.56 Å². The Labute approximate surface area is 155 Å². The number of esters is 1. The molecule has 27 heavy (non-hydrogen) atoms. The zero-order chi connectivity index (χ0) is 20.0. The lowest BCUT2D eigenvalue weighted by Crippen LogP contribution is -2.40. The van der Waals surface area contributed by atoms with Crippen LogP contribution in [0.25, 0.3) is 0 Å². The number of carboxylic acid groups (broad SMARTS) is 2. The Morgan fingerprint density at radius 3 is 2.07 bits per heavy atom. The first-order valence-electron chi connectivity index (χ1n) is 8.11. The van der Waals surface area contributed by atoms with Crippen LogP contribution in [0.3, 0.4) is 0 Å². The summed E-state index contributed by atoms with van der Waals surface area (Å²) < 4.78 is 4.91. The van der Waals surface area contributed by atoms with Gasteiger partial charge in [0, 0.05) is 12.0 Å². The number of carbonyl (C=O) groups excluding carboxylic acids is 2. The molecule has 0 spiro atoms. The fourth-order valence-electron chi connectivity index (χ4n) is 2.52. The third-order valence-corrected chi connectivity index (χ3v) is 3.91. The van der Waals surface area contributed by atoms with Gasteiger partial charge in [-0.2, -0.15) is 0 Å². The lowest BCUT2D eigenvalue weighted by Gasteiger charge is -2.20. The van der Waals surface area contributed by atoms with Crippen LogP contribution in [0.2, 0.25) is 0 Å². The molecule has 7 nitrogen and oxygen atoms in total. The topological polar surface area (TPSA) is 118 Å². The number of carbonyl (C=O) groups is 4. The quantitative estimate of drug-likeness (QED) is 0.541. The third kappa shape index (κ3) is 5.24. The van der Waals surface area contributed by atoms with Crippen molar-refractivity contribution in [3.05, 3.63) is 71.3 Å². The zero-order valence-corrected chi connectivity index (χ0v) is 14.5. The van der Waals surface area contributed by atoms with E-state index < -0.39 is 42.1 Å². The molecule has 0 aliphatic heterocycles. The average Bonchev–Trinajstić information content (AvgIpc) is 2.64. The summed E-state index contributed by atoms with van der Waals surface area (Å²) in [7, 11) is 0. The number of rotatable bonds is 8. The van der Waals surface area contributed by atoms with Crippen LogP contribution in [-0.4, -0.2) is 40.0 Å². The van der Waals surface area contributed by atoms with Crippen LogP contribution in [-0.2, 0) is 14.3 Å². The highest BCUT2D eigenvalue weighted by Crippen LogP contribution is 2.19. The first-order chi connectivity index (χ1) is 12.8. The minimum Gasteiger partial charge on any atom is -0.481 e. The molecule has 0 saturated carbocycles. The van der Waals surface area contributed by atoms with Gasteiger partial charge in [-0.15, -0.1) is 0 Å². The van der Waals surface area contributed by atoms with Gasteiger partial charge in [0.2, 0.25) is 6.10 Å². The summed E-state index contributed by atoms with van der Waals surface area (Å²) in [5, 5.41) is 18.8. The highest BCUT2D eigenvalue weighted by Gasteiger charge is 2.39. The fourth-order valence-corrected chi connectivity index (χ4v) is 2.52. The van der Waals surface area contributed by atoms with Crippen molar-refractivity contribution in [1.82, 2.24) is 0 Å². The minimum absolute atomic E-state index is 0.0814. The second-order valence-corrected chi connectivity index (χ2v) is 5.97. The number of carboxylic acids is 2. The second kappa shape index (κ2) is 8.75. The van der Waals surface area contributed by atoms with Crippen molar-refractivity contribution >= 4 is 23.7 Å². The van der Waals surface area contributed by atoms with Crippen molar-refractivity contribution in [2.45, 2.75) is 19.4 Å². The van der Waals surface area contributed by atoms with Crippen molar-refractivity contribution in [3.63, 3.8) is 0 Å². The summed E-state index contributed by atoms with van der Waals surface area (Å²) >= 11 is 0. The summed E-state index contributed by atoms with van der Waals surface area (Å²) in [5.41, 5.74) is 1.15. The van der Waals surface area contributed by atoms with Crippen LogP contribution < -0.4 is 0 Å². The average molecular weight is 370 g/mol. The second-order valence-electron chi connectivity index (χ2n) is 5.97. The van der Waals surface area contributed by atoms with Gasteiger partial charge in [0.1, 0.15) is 5.92 Å². The Morgan fingerprint density at radius 1 is 0.889 bits per heavy atom.